The quantitative estimate of drug-likeness (QED) is 0.855. The molecule has 2 aromatic rings. The molecule has 28 heavy (non-hydrogen) atoms. The van der Waals surface area contributed by atoms with Gasteiger partial charge in [0.15, 0.2) is 9.84 Å². The lowest BCUT2D eigenvalue weighted by Crippen LogP contribution is -2.58. The first-order chi connectivity index (χ1) is 13.3. The summed E-state index contributed by atoms with van der Waals surface area (Å²) in [5.74, 6) is 0.918. The van der Waals surface area contributed by atoms with E-state index in [9.17, 15) is 8.42 Å². The Labute approximate surface area is 167 Å². The number of hydrogen-bond donors (Lipinski definition) is 1. The summed E-state index contributed by atoms with van der Waals surface area (Å²) in [4.78, 5) is 2.53. The molecule has 2 aromatic carbocycles. The molecule has 0 saturated carbocycles. The van der Waals surface area contributed by atoms with Crippen molar-refractivity contribution >= 4 is 15.5 Å². The van der Waals surface area contributed by atoms with Gasteiger partial charge in [-0.2, -0.15) is 0 Å². The van der Waals surface area contributed by atoms with Crippen molar-refractivity contribution in [2.45, 2.75) is 18.9 Å². The second kappa shape index (κ2) is 7.97. The van der Waals surface area contributed by atoms with Crippen molar-refractivity contribution in [2.24, 2.45) is 0 Å². The SMILES string of the molecule is C=CS(C)(=O)=O.COc1ccc(CN2CC3(CNC3)c3ccc(C)cc32)cc1. The van der Waals surface area contributed by atoms with E-state index < -0.39 is 9.84 Å². The number of anilines is 1. The highest BCUT2D eigenvalue weighted by Gasteiger charge is 2.46. The van der Waals surface area contributed by atoms with Gasteiger partial charge < -0.3 is 15.0 Å². The Balaban J connectivity index is 0.000000330. The summed E-state index contributed by atoms with van der Waals surface area (Å²) in [6.07, 6.45) is 1.10. The van der Waals surface area contributed by atoms with E-state index in [1.54, 1.807) is 7.11 Å². The van der Waals surface area contributed by atoms with Crippen LogP contribution in [-0.2, 0) is 21.8 Å². The zero-order valence-corrected chi connectivity index (χ0v) is 17.6. The van der Waals surface area contributed by atoms with E-state index in [1.165, 1.54) is 22.4 Å². The second-order valence-corrected chi connectivity index (χ2v) is 9.60. The number of nitrogens with zero attached hydrogens (tertiary/aromatic N) is 1. The molecule has 1 spiro atoms. The molecular weight excluding hydrogens is 372 g/mol. The Morgan fingerprint density at radius 1 is 1.21 bits per heavy atom. The number of methoxy groups -OCH3 is 1. The van der Waals surface area contributed by atoms with Crippen LogP contribution in [0.2, 0.25) is 0 Å². The molecule has 150 valence electrons. The lowest BCUT2D eigenvalue weighted by atomic mass is 9.77. The van der Waals surface area contributed by atoms with Crippen LogP contribution in [0.5, 0.6) is 5.75 Å². The summed E-state index contributed by atoms with van der Waals surface area (Å²) >= 11 is 0. The van der Waals surface area contributed by atoms with Gasteiger partial charge in [-0.1, -0.05) is 30.8 Å². The molecule has 0 bridgehead atoms. The molecule has 2 heterocycles. The first-order valence-electron chi connectivity index (χ1n) is 9.28. The minimum atomic E-state index is -2.90. The maximum atomic E-state index is 9.88. The summed E-state index contributed by atoms with van der Waals surface area (Å²) in [6.45, 7) is 9.50. The summed E-state index contributed by atoms with van der Waals surface area (Å²) in [7, 11) is -1.19. The first-order valence-corrected chi connectivity index (χ1v) is 11.2. The Morgan fingerprint density at radius 2 is 1.86 bits per heavy atom. The standard InChI is InChI=1S/C19H22N2O.C3H6O2S/c1-14-3-8-17-18(9-14)21(13-19(17)11-20-12-19)10-15-4-6-16(22-2)7-5-15;1-3-6(2,4)5/h3-9,20H,10-13H2,1-2H3;3H,1H2,2H3. The molecule has 1 N–H and O–H groups in total. The van der Waals surface area contributed by atoms with Crippen LogP contribution in [0.4, 0.5) is 5.69 Å². The van der Waals surface area contributed by atoms with Gasteiger partial charge in [0.05, 0.1) is 7.11 Å². The van der Waals surface area contributed by atoms with E-state index in [4.69, 9.17) is 4.74 Å². The molecular formula is C22H28N2O3S. The fourth-order valence-corrected chi connectivity index (χ4v) is 3.71. The van der Waals surface area contributed by atoms with Crippen molar-refractivity contribution in [3.63, 3.8) is 0 Å². The maximum absolute atomic E-state index is 9.88. The van der Waals surface area contributed by atoms with Gasteiger partial charge in [-0.15, -0.1) is 0 Å². The van der Waals surface area contributed by atoms with E-state index in [2.05, 4.69) is 54.1 Å². The number of nitrogens with one attached hydrogen (secondary N) is 1. The average molecular weight is 401 g/mol. The average Bonchev–Trinajstić information content (AvgIpc) is 2.96. The van der Waals surface area contributed by atoms with Gasteiger partial charge in [0.25, 0.3) is 0 Å². The number of benzene rings is 2. The molecule has 0 atom stereocenters. The van der Waals surface area contributed by atoms with E-state index in [1.807, 2.05) is 12.1 Å². The van der Waals surface area contributed by atoms with Crippen LogP contribution in [-0.4, -0.2) is 41.4 Å². The van der Waals surface area contributed by atoms with Crippen molar-refractivity contribution in [1.29, 1.82) is 0 Å². The van der Waals surface area contributed by atoms with Gasteiger partial charge in [0.1, 0.15) is 5.75 Å². The van der Waals surface area contributed by atoms with Crippen molar-refractivity contribution < 1.29 is 13.2 Å². The Hall–Kier alpha value is -2.31. The summed E-state index contributed by atoms with van der Waals surface area (Å²) in [5.41, 5.74) is 5.93. The van der Waals surface area contributed by atoms with Crippen LogP contribution in [0, 0.1) is 6.92 Å². The smallest absolute Gasteiger partial charge is 0.168 e. The number of fused-ring (bicyclic) bond motifs is 2. The van der Waals surface area contributed by atoms with Crippen LogP contribution < -0.4 is 15.0 Å². The molecule has 0 amide bonds. The third-order valence-corrected chi connectivity index (χ3v) is 5.93. The Kier molecular flexibility index (Phi) is 5.82. The highest BCUT2D eigenvalue weighted by atomic mass is 32.2. The van der Waals surface area contributed by atoms with Crippen LogP contribution in [0.3, 0.4) is 0 Å². The number of rotatable bonds is 4. The third-order valence-electron chi connectivity index (χ3n) is 5.32. The van der Waals surface area contributed by atoms with Gasteiger partial charge in [0.2, 0.25) is 0 Å². The normalized spacial score (nSPS) is 16.6. The van der Waals surface area contributed by atoms with Crippen molar-refractivity contribution in [3.8, 4) is 5.75 Å². The fourth-order valence-electron chi connectivity index (χ4n) is 3.71. The van der Waals surface area contributed by atoms with Crippen LogP contribution >= 0.6 is 0 Å². The van der Waals surface area contributed by atoms with E-state index in [0.717, 1.165) is 43.6 Å². The predicted molar refractivity (Wildman–Crippen MR) is 115 cm³/mol. The minimum Gasteiger partial charge on any atom is -0.497 e. The number of hydrogen-bond acceptors (Lipinski definition) is 5. The van der Waals surface area contributed by atoms with Crippen molar-refractivity contribution in [3.05, 3.63) is 71.1 Å². The van der Waals surface area contributed by atoms with E-state index >= 15 is 0 Å². The molecule has 5 nitrogen and oxygen atoms in total. The van der Waals surface area contributed by atoms with Crippen LogP contribution in [0.25, 0.3) is 0 Å². The Morgan fingerprint density at radius 3 is 2.36 bits per heavy atom. The van der Waals surface area contributed by atoms with Gasteiger partial charge in [-0.05, 0) is 41.8 Å². The minimum absolute atomic E-state index is 0.329. The summed E-state index contributed by atoms with van der Waals surface area (Å²) in [5, 5.41) is 4.37. The monoisotopic (exact) mass is 400 g/mol. The fraction of sp³-hybridized carbons (Fsp3) is 0.364. The van der Waals surface area contributed by atoms with Crippen LogP contribution in [0.1, 0.15) is 16.7 Å². The molecule has 2 aliphatic heterocycles. The van der Waals surface area contributed by atoms with Gasteiger partial charge in [-0.3, -0.25) is 0 Å². The highest BCUT2D eigenvalue weighted by molar-refractivity contribution is 7.93. The summed E-state index contributed by atoms with van der Waals surface area (Å²) in [6, 6.07) is 15.3. The van der Waals surface area contributed by atoms with Crippen LogP contribution in [0.15, 0.2) is 54.5 Å². The lowest BCUT2D eigenvalue weighted by Gasteiger charge is -2.40. The molecule has 1 saturated heterocycles. The maximum Gasteiger partial charge on any atom is 0.168 e. The largest absolute Gasteiger partial charge is 0.497 e. The topological polar surface area (TPSA) is 58.6 Å². The zero-order chi connectivity index (χ0) is 20.4. The second-order valence-electron chi connectivity index (χ2n) is 7.60. The Bertz CT molecular complexity index is 937. The van der Waals surface area contributed by atoms with Crippen molar-refractivity contribution in [2.75, 3.05) is 37.9 Å². The first kappa shape index (κ1) is 20.4. The molecule has 0 radical (unpaired) electrons. The number of sulfone groups is 1. The van der Waals surface area contributed by atoms with E-state index in [0.29, 0.717) is 5.41 Å². The summed E-state index contributed by atoms with van der Waals surface area (Å²) < 4.78 is 25.0. The lowest BCUT2D eigenvalue weighted by molar-refractivity contribution is 0.295. The number of ether oxygens (including phenoxy) is 1. The molecule has 0 aliphatic carbocycles. The number of aryl methyl sites for hydroxylation is 1. The highest BCUT2D eigenvalue weighted by Crippen LogP contribution is 2.44. The zero-order valence-electron chi connectivity index (χ0n) is 16.7. The van der Waals surface area contributed by atoms with Gasteiger partial charge in [0, 0.05) is 48.9 Å². The van der Waals surface area contributed by atoms with Gasteiger partial charge in [-0.25, -0.2) is 8.42 Å². The third kappa shape index (κ3) is 4.39. The van der Waals surface area contributed by atoms with E-state index in [-0.39, 0.29) is 0 Å². The van der Waals surface area contributed by atoms with Crippen molar-refractivity contribution in [1.82, 2.24) is 5.32 Å². The van der Waals surface area contributed by atoms with Gasteiger partial charge >= 0.3 is 0 Å². The molecule has 4 rings (SSSR count). The predicted octanol–water partition coefficient (Wildman–Crippen LogP) is 3.04. The molecule has 2 aliphatic rings. The molecule has 6 heteroatoms. The molecule has 0 aromatic heterocycles. The molecule has 1 fully saturated rings. The molecule has 0 unspecified atom stereocenters.